The third kappa shape index (κ3) is 33.2. The van der Waals surface area contributed by atoms with Crippen LogP contribution in [0.5, 0.6) is 0 Å². The maximum absolute atomic E-state index is 11.9. The highest BCUT2D eigenvalue weighted by molar-refractivity contribution is 5.69. The molecular formula is C40H70O6. The van der Waals surface area contributed by atoms with E-state index in [4.69, 9.17) is 9.47 Å². The van der Waals surface area contributed by atoms with E-state index in [0.717, 1.165) is 38.0 Å². The summed E-state index contributed by atoms with van der Waals surface area (Å²) in [7, 11) is 0. The van der Waals surface area contributed by atoms with Gasteiger partial charge in [-0.3, -0.25) is 9.59 Å². The third-order valence-corrected chi connectivity index (χ3v) is 8.19. The molecule has 0 aliphatic rings. The molecule has 266 valence electrons. The average Bonchev–Trinajstić information content (AvgIpc) is 3.05. The summed E-state index contributed by atoms with van der Waals surface area (Å²) in [4.78, 5) is 23.9. The van der Waals surface area contributed by atoms with Crippen LogP contribution < -0.4 is 0 Å². The topological polar surface area (TPSA) is 93.1 Å². The van der Waals surface area contributed by atoms with Crippen LogP contribution in [0.2, 0.25) is 0 Å². The lowest BCUT2D eigenvalue weighted by molar-refractivity contribution is -0.152. The molecule has 0 bridgehead atoms. The Kier molecular flexibility index (Phi) is 32.5. The summed E-state index contributed by atoms with van der Waals surface area (Å²) in [5, 5.41) is 20.0. The zero-order valence-electron chi connectivity index (χ0n) is 29.8. The van der Waals surface area contributed by atoms with Crippen LogP contribution in [-0.4, -0.2) is 47.6 Å². The van der Waals surface area contributed by atoms with Crippen molar-refractivity contribution in [3.8, 4) is 0 Å². The first-order chi connectivity index (χ1) is 22.4. The number of esters is 2. The minimum Gasteiger partial charge on any atom is -0.463 e. The minimum atomic E-state index is -1.01. The predicted octanol–water partition coefficient (Wildman–Crippen LogP) is 10.3. The van der Waals surface area contributed by atoms with E-state index in [1.807, 2.05) is 24.3 Å². The second-order valence-electron chi connectivity index (χ2n) is 12.8. The Morgan fingerprint density at radius 3 is 1.83 bits per heavy atom. The largest absolute Gasteiger partial charge is 0.463 e. The molecule has 0 amide bonds. The van der Waals surface area contributed by atoms with Crippen molar-refractivity contribution < 1.29 is 29.3 Å². The number of hydrogen-bond donors (Lipinski definition) is 2. The highest BCUT2D eigenvalue weighted by Gasteiger charge is 2.12. The van der Waals surface area contributed by atoms with Gasteiger partial charge in [0.25, 0.3) is 0 Å². The van der Waals surface area contributed by atoms with Gasteiger partial charge in [0.15, 0.2) is 0 Å². The van der Waals surface area contributed by atoms with Crippen molar-refractivity contribution in [2.75, 3.05) is 13.2 Å². The molecule has 0 rings (SSSR count). The van der Waals surface area contributed by atoms with Gasteiger partial charge in [0, 0.05) is 12.8 Å². The van der Waals surface area contributed by atoms with Crippen molar-refractivity contribution in [3.05, 3.63) is 48.6 Å². The van der Waals surface area contributed by atoms with E-state index in [0.29, 0.717) is 25.7 Å². The van der Waals surface area contributed by atoms with Gasteiger partial charge in [-0.15, -0.1) is 0 Å². The molecule has 0 saturated heterocycles. The zero-order chi connectivity index (χ0) is 33.9. The van der Waals surface area contributed by atoms with Gasteiger partial charge in [-0.05, 0) is 50.9 Å². The summed E-state index contributed by atoms with van der Waals surface area (Å²) in [5.41, 5.74) is 0. The van der Waals surface area contributed by atoms with Crippen LogP contribution in [0.4, 0.5) is 0 Å². The minimum absolute atomic E-state index is 0.156. The normalized spacial score (nSPS) is 14.1. The molecule has 0 aromatic rings. The molecule has 3 atom stereocenters. The van der Waals surface area contributed by atoms with Crippen molar-refractivity contribution in [2.24, 2.45) is 5.92 Å². The number of rotatable bonds is 32. The molecule has 6 heteroatoms. The van der Waals surface area contributed by atoms with Crippen LogP contribution in [0.1, 0.15) is 162 Å². The summed E-state index contributed by atoms with van der Waals surface area (Å²) in [6.07, 6.45) is 37.6. The Hall–Kier alpha value is -2.18. The fourth-order valence-corrected chi connectivity index (χ4v) is 4.90. The number of unbranched alkanes of at least 4 members (excludes halogenated alkanes) is 13. The van der Waals surface area contributed by atoms with Gasteiger partial charge in [0.05, 0.1) is 6.10 Å². The SMILES string of the molecule is CCCCC/C=C\C/C=C\CC(O)/C=C\C=C\CCCC(=O)OC[C@@H](O)COC(=O)CCCCCCCCCCCCC(C)CC. The smallest absolute Gasteiger partial charge is 0.305 e. The molecule has 0 heterocycles. The Bertz CT molecular complexity index is 815. The molecule has 0 aliphatic heterocycles. The fraction of sp³-hybridized carbons (Fsp3) is 0.750. The summed E-state index contributed by atoms with van der Waals surface area (Å²) in [6, 6.07) is 0. The van der Waals surface area contributed by atoms with E-state index in [1.165, 1.54) is 77.0 Å². The molecule has 0 spiro atoms. The standard InChI is InChI=1S/C40H70O6/c1-4-6-7-8-9-12-16-20-25-30-37(41)31-26-21-18-23-28-33-40(44)46-35-38(42)34-45-39(43)32-27-22-17-14-11-10-13-15-19-24-29-36(3)5-2/h9,12,18,20-21,25-26,31,36-38,41-42H,4-8,10-11,13-17,19,22-24,27-30,32-35H2,1-3H3/b12-9-,21-18+,25-20-,31-26-/t36?,37?,38-/m0/s1. The Morgan fingerprint density at radius 2 is 1.20 bits per heavy atom. The summed E-state index contributed by atoms with van der Waals surface area (Å²) < 4.78 is 10.2. The first-order valence-electron chi connectivity index (χ1n) is 18.7. The molecule has 2 unspecified atom stereocenters. The third-order valence-electron chi connectivity index (χ3n) is 8.19. The second-order valence-corrected chi connectivity index (χ2v) is 12.8. The molecule has 46 heavy (non-hydrogen) atoms. The first kappa shape index (κ1) is 43.8. The number of hydrogen-bond acceptors (Lipinski definition) is 6. The van der Waals surface area contributed by atoms with E-state index in [2.05, 4.69) is 39.0 Å². The number of ether oxygens (including phenoxy) is 2. The molecule has 6 nitrogen and oxygen atoms in total. The van der Waals surface area contributed by atoms with Crippen LogP contribution in [0.15, 0.2) is 48.6 Å². The number of carbonyl (C=O) groups excluding carboxylic acids is 2. The Balaban J connectivity index is 3.65. The lowest BCUT2D eigenvalue weighted by atomic mass is 9.99. The number of aliphatic hydroxyl groups excluding tert-OH is 2. The Labute approximate surface area is 282 Å². The highest BCUT2D eigenvalue weighted by atomic mass is 16.6. The highest BCUT2D eigenvalue weighted by Crippen LogP contribution is 2.15. The first-order valence-corrected chi connectivity index (χ1v) is 18.7. The zero-order valence-corrected chi connectivity index (χ0v) is 29.8. The van der Waals surface area contributed by atoms with Gasteiger partial charge in [0.1, 0.15) is 19.3 Å². The van der Waals surface area contributed by atoms with E-state index >= 15 is 0 Å². The summed E-state index contributed by atoms with van der Waals surface area (Å²) in [5.74, 6) is 0.177. The summed E-state index contributed by atoms with van der Waals surface area (Å²) in [6.45, 7) is 6.49. The van der Waals surface area contributed by atoms with Crippen molar-refractivity contribution in [2.45, 2.75) is 174 Å². The van der Waals surface area contributed by atoms with Crippen molar-refractivity contribution in [3.63, 3.8) is 0 Å². The van der Waals surface area contributed by atoms with E-state index < -0.39 is 12.2 Å². The van der Waals surface area contributed by atoms with Crippen LogP contribution in [0.3, 0.4) is 0 Å². The second kappa shape index (κ2) is 34.2. The Morgan fingerprint density at radius 1 is 0.630 bits per heavy atom. The molecule has 0 aromatic heterocycles. The maximum atomic E-state index is 11.9. The van der Waals surface area contributed by atoms with Crippen molar-refractivity contribution in [1.29, 1.82) is 0 Å². The van der Waals surface area contributed by atoms with Crippen LogP contribution in [-0.2, 0) is 19.1 Å². The quantitative estimate of drug-likeness (QED) is 0.0327. The van der Waals surface area contributed by atoms with Gasteiger partial charge in [-0.1, -0.05) is 153 Å². The van der Waals surface area contributed by atoms with Crippen LogP contribution in [0, 0.1) is 5.92 Å². The number of aliphatic hydroxyl groups is 2. The molecule has 2 N–H and O–H groups in total. The lowest BCUT2D eigenvalue weighted by Crippen LogP contribution is -2.25. The van der Waals surface area contributed by atoms with Gasteiger partial charge in [-0.25, -0.2) is 0 Å². The van der Waals surface area contributed by atoms with Gasteiger partial charge in [-0.2, -0.15) is 0 Å². The number of allylic oxidation sites excluding steroid dienone is 6. The van der Waals surface area contributed by atoms with Crippen molar-refractivity contribution >= 4 is 11.9 Å². The summed E-state index contributed by atoms with van der Waals surface area (Å²) >= 11 is 0. The predicted molar refractivity (Wildman–Crippen MR) is 193 cm³/mol. The fourth-order valence-electron chi connectivity index (χ4n) is 4.90. The van der Waals surface area contributed by atoms with E-state index in [9.17, 15) is 19.8 Å². The van der Waals surface area contributed by atoms with Gasteiger partial charge in [0.2, 0.25) is 0 Å². The maximum Gasteiger partial charge on any atom is 0.305 e. The van der Waals surface area contributed by atoms with Crippen molar-refractivity contribution in [1.82, 2.24) is 0 Å². The van der Waals surface area contributed by atoms with Gasteiger partial charge < -0.3 is 19.7 Å². The average molecular weight is 647 g/mol. The molecule has 0 fully saturated rings. The monoisotopic (exact) mass is 647 g/mol. The molecule has 0 radical (unpaired) electrons. The van der Waals surface area contributed by atoms with E-state index in [1.54, 1.807) is 6.08 Å². The lowest BCUT2D eigenvalue weighted by Gasteiger charge is -2.12. The number of carbonyl (C=O) groups is 2. The van der Waals surface area contributed by atoms with Crippen LogP contribution in [0.25, 0.3) is 0 Å². The van der Waals surface area contributed by atoms with Crippen LogP contribution >= 0.6 is 0 Å². The molecular weight excluding hydrogens is 576 g/mol. The van der Waals surface area contributed by atoms with Gasteiger partial charge >= 0.3 is 11.9 Å². The molecule has 0 aromatic carbocycles. The molecule has 0 aliphatic carbocycles. The van der Waals surface area contributed by atoms with E-state index in [-0.39, 0.29) is 31.6 Å². The molecule has 0 saturated carbocycles.